The van der Waals surface area contributed by atoms with Gasteiger partial charge in [-0.3, -0.25) is 0 Å². The SMILES string of the molecule is c1ccc2c(c1)CCC(NCC1CCCS1)C2. The molecule has 2 unspecified atom stereocenters. The van der Waals surface area contributed by atoms with Crippen LogP contribution in [0, 0.1) is 0 Å². The maximum Gasteiger partial charge on any atom is 0.0172 e. The molecule has 0 saturated carbocycles. The maximum atomic E-state index is 3.78. The van der Waals surface area contributed by atoms with Crippen LogP contribution in [0.3, 0.4) is 0 Å². The summed E-state index contributed by atoms with van der Waals surface area (Å²) in [4.78, 5) is 0. The molecule has 3 rings (SSSR count). The van der Waals surface area contributed by atoms with E-state index in [2.05, 4.69) is 41.3 Å². The monoisotopic (exact) mass is 247 g/mol. The molecular formula is C15H21NS. The van der Waals surface area contributed by atoms with Crippen LogP contribution in [0.15, 0.2) is 24.3 Å². The van der Waals surface area contributed by atoms with Crippen molar-refractivity contribution < 1.29 is 0 Å². The quantitative estimate of drug-likeness (QED) is 0.881. The number of hydrogen-bond acceptors (Lipinski definition) is 2. The third-order valence-corrected chi connectivity index (χ3v) is 5.40. The normalized spacial score (nSPS) is 28.0. The molecule has 1 aliphatic carbocycles. The highest BCUT2D eigenvalue weighted by molar-refractivity contribution is 8.00. The molecule has 1 nitrogen and oxygen atoms in total. The lowest BCUT2D eigenvalue weighted by Crippen LogP contribution is -2.37. The Bertz CT molecular complexity index is 371. The Balaban J connectivity index is 1.53. The Hall–Kier alpha value is -0.470. The molecule has 92 valence electrons. The Morgan fingerprint density at radius 1 is 1.18 bits per heavy atom. The molecule has 1 aromatic carbocycles. The molecule has 0 bridgehead atoms. The minimum absolute atomic E-state index is 0.714. The second kappa shape index (κ2) is 5.45. The summed E-state index contributed by atoms with van der Waals surface area (Å²) in [6.07, 6.45) is 6.64. The van der Waals surface area contributed by atoms with E-state index in [0.29, 0.717) is 6.04 Å². The second-order valence-corrected chi connectivity index (χ2v) is 6.66. The van der Waals surface area contributed by atoms with Crippen LogP contribution in [-0.4, -0.2) is 23.6 Å². The molecule has 1 aliphatic heterocycles. The van der Waals surface area contributed by atoms with E-state index in [9.17, 15) is 0 Å². The van der Waals surface area contributed by atoms with Crippen LogP contribution in [0.25, 0.3) is 0 Å². The zero-order chi connectivity index (χ0) is 11.5. The van der Waals surface area contributed by atoms with Crippen molar-refractivity contribution in [2.45, 2.75) is 43.4 Å². The number of rotatable bonds is 3. The van der Waals surface area contributed by atoms with Crippen LogP contribution < -0.4 is 5.32 Å². The number of thioether (sulfide) groups is 1. The van der Waals surface area contributed by atoms with Crippen LogP contribution >= 0.6 is 11.8 Å². The average molecular weight is 247 g/mol. The molecule has 0 aromatic heterocycles. The van der Waals surface area contributed by atoms with Crippen LogP contribution in [0.4, 0.5) is 0 Å². The van der Waals surface area contributed by atoms with Gasteiger partial charge in [-0.2, -0.15) is 11.8 Å². The van der Waals surface area contributed by atoms with Gasteiger partial charge < -0.3 is 5.32 Å². The minimum atomic E-state index is 0.714. The number of hydrogen-bond donors (Lipinski definition) is 1. The van der Waals surface area contributed by atoms with Crippen LogP contribution in [0.2, 0.25) is 0 Å². The predicted octanol–water partition coefficient (Wildman–Crippen LogP) is 3.03. The van der Waals surface area contributed by atoms with Gasteiger partial charge >= 0.3 is 0 Å². The van der Waals surface area contributed by atoms with Gasteiger partial charge in [0.25, 0.3) is 0 Å². The van der Waals surface area contributed by atoms with E-state index in [1.807, 2.05) is 0 Å². The number of aryl methyl sites for hydroxylation is 1. The molecule has 2 heteroatoms. The van der Waals surface area contributed by atoms with Crippen molar-refractivity contribution in [3.8, 4) is 0 Å². The second-order valence-electron chi connectivity index (χ2n) is 5.25. The molecule has 0 amide bonds. The fraction of sp³-hybridized carbons (Fsp3) is 0.600. The first-order chi connectivity index (χ1) is 8.42. The number of benzene rings is 1. The van der Waals surface area contributed by atoms with E-state index in [1.54, 1.807) is 11.1 Å². The maximum absolute atomic E-state index is 3.78. The van der Waals surface area contributed by atoms with Gasteiger partial charge in [0, 0.05) is 17.8 Å². The van der Waals surface area contributed by atoms with Crippen molar-refractivity contribution >= 4 is 11.8 Å². The molecule has 1 saturated heterocycles. The zero-order valence-electron chi connectivity index (χ0n) is 10.3. The van der Waals surface area contributed by atoms with Crippen molar-refractivity contribution in [1.82, 2.24) is 5.32 Å². The van der Waals surface area contributed by atoms with Crippen molar-refractivity contribution in [2.75, 3.05) is 12.3 Å². The molecule has 1 N–H and O–H groups in total. The Kier molecular flexibility index (Phi) is 3.72. The van der Waals surface area contributed by atoms with Crippen LogP contribution in [-0.2, 0) is 12.8 Å². The van der Waals surface area contributed by atoms with E-state index in [4.69, 9.17) is 0 Å². The zero-order valence-corrected chi connectivity index (χ0v) is 11.1. The average Bonchev–Trinajstić information content (AvgIpc) is 2.89. The number of nitrogens with one attached hydrogen (secondary N) is 1. The van der Waals surface area contributed by atoms with Crippen molar-refractivity contribution in [2.24, 2.45) is 0 Å². The highest BCUT2D eigenvalue weighted by Crippen LogP contribution is 2.26. The summed E-state index contributed by atoms with van der Waals surface area (Å²) in [5.41, 5.74) is 3.14. The van der Waals surface area contributed by atoms with Crippen LogP contribution in [0.5, 0.6) is 0 Å². The molecule has 1 heterocycles. The highest BCUT2D eigenvalue weighted by Gasteiger charge is 2.20. The molecule has 1 aromatic rings. The Morgan fingerprint density at radius 2 is 2.06 bits per heavy atom. The molecule has 17 heavy (non-hydrogen) atoms. The first-order valence-corrected chi connectivity index (χ1v) is 7.88. The lowest BCUT2D eigenvalue weighted by atomic mass is 9.88. The Labute approximate surface area is 108 Å². The van der Waals surface area contributed by atoms with E-state index >= 15 is 0 Å². The molecule has 2 aliphatic rings. The van der Waals surface area contributed by atoms with Gasteiger partial charge in [-0.15, -0.1) is 0 Å². The molecule has 1 fully saturated rings. The summed E-state index contributed by atoms with van der Waals surface area (Å²) in [5, 5.41) is 4.67. The Morgan fingerprint density at radius 3 is 2.88 bits per heavy atom. The lowest BCUT2D eigenvalue weighted by molar-refractivity contribution is 0.456. The topological polar surface area (TPSA) is 12.0 Å². The van der Waals surface area contributed by atoms with Crippen molar-refractivity contribution in [3.05, 3.63) is 35.4 Å². The van der Waals surface area contributed by atoms with Gasteiger partial charge in [0.05, 0.1) is 0 Å². The summed E-state index contributed by atoms with van der Waals surface area (Å²) in [7, 11) is 0. The van der Waals surface area contributed by atoms with Gasteiger partial charge in [0.2, 0.25) is 0 Å². The van der Waals surface area contributed by atoms with Gasteiger partial charge in [0.1, 0.15) is 0 Å². The summed E-state index contributed by atoms with van der Waals surface area (Å²) in [6, 6.07) is 9.65. The fourth-order valence-corrected chi connectivity index (χ4v) is 4.19. The van der Waals surface area contributed by atoms with Gasteiger partial charge in [-0.05, 0) is 49.0 Å². The first kappa shape index (κ1) is 11.6. The highest BCUT2D eigenvalue weighted by atomic mass is 32.2. The smallest absolute Gasteiger partial charge is 0.0172 e. The molecule has 0 spiro atoms. The molecular weight excluding hydrogens is 226 g/mol. The minimum Gasteiger partial charge on any atom is -0.313 e. The summed E-state index contributed by atoms with van der Waals surface area (Å²) < 4.78 is 0. The van der Waals surface area contributed by atoms with E-state index in [1.165, 1.54) is 44.4 Å². The third-order valence-electron chi connectivity index (χ3n) is 4.01. The molecule has 0 radical (unpaired) electrons. The largest absolute Gasteiger partial charge is 0.313 e. The van der Waals surface area contributed by atoms with Crippen molar-refractivity contribution in [3.63, 3.8) is 0 Å². The van der Waals surface area contributed by atoms with Crippen LogP contribution in [0.1, 0.15) is 30.4 Å². The standard InChI is InChI=1S/C15H21NS/c1-2-5-13-10-14(8-7-12(13)4-1)16-11-15-6-3-9-17-15/h1-2,4-5,14-16H,3,6-11H2. The molecule has 2 atom stereocenters. The summed E-state index contributed by atoms with van der Waals surface area (Å²) in [6.45, 7) is 1.22. The van der Waals surface area contributed by atoms with Crippen molar-refractivity contribution in [1.29, 1.82) is 0 Å². The van der Waals surface area contributed by atoms with E-state index < -0.39 is 0 Å². The van der Waals surface area contributed by atoms with E-state index in [-0.39, 0.29) is 0 Å². The van der Waals surface area contributed by atoms with Gasteiger partial charge in [-0.25, -0.2) is 0 Å². The fourth-order valence-electron chi connectivity index (χ4n) is 2.98. The first-order valence-electron chi connectivity index (χ1n) is 6.83. The summed E-state index contributed by atoms with van der Waals surface area (Å²) >= 11 is 2.15. The lowest BCUT2D eigenvalue weighted by Gasteiger charge is -2.26. The summed E-state index contributed by atoms with van der Waals surface area (Å²) in [5.74, 6) is 1.37. The number of fused-ring (bicyclic) bond motifs is 1. The predicted molar refractivity (Wildman–Crippen MR) is 75.7 cm³/mol. The third kappa shape index (κ3) is 2.86. The van der Waals surface area contributed by atoms with E-state index in [0.717, 1.165) is 5.25 Å². The van der Waals surface area contributed by atoms with Gasteiger partial charge in [0.15, 0.2) is 0 Å². The van der Waals surface area contributed by atoms with Gasteiger partial charge in [-0.1, -0.05) is 24.3 Å².